The molecule has 4 rings (SSSR count). The van der Waals surface area contributed by atoms with Crippen molar-refractivity contribution in [3.8, 4) is 11.5 Å². The smallest absolute Gasteiger partial charge is 0.307 e. The summed E-state index contributed by atoms with van der Waals surface area (Å²) < 4.78 is 32.8. The molecule has 0 saturated heterocycles. The predicted molar refractivity (Wildman–Crippen MR) is 117 cm³/mol. The summed E-state index contributed by atoms with van der Waals surface area (Å²) in [4.78, 5) is 11.3. The fraction of sp³-hybridized carbons (Fsp3) is 0.0800. The van der Waals surface area contributed by atoms with Crippen LogP contribution in [-0.4, -0.2) is 11.1 Å². The molecule has 3 aromatic carbocycles. The third-order valence-electron chi connectivity index (χ3n) is 5.10. The van der Waals surface area contributed by atoms with E-state index in [-0.39, 0.29) is 11.4 Å². The highest BCUT2D eigenvalue weighted by molar-refractivity contribution is 6.30. The Balaban J connectivity index is 1.64. The van der Waals surface area contributed by atoms with Gasteiger partial charge in [0.15, 0.2) is 0 Å². The topological polar surface area (TPSA) is 46.5 Å². The van der Waals surface area contributed by atoms with E-state index in [1.54, 1.807) is 18.2 Å². The number of rotatable bonds is 5. The summed E-state index contributed by atoms with van der Waals surface area (Å²) in [5.74, 6) is -0.913. The standard InChI is InChI=1S/C25H17ClF2O3/c1-14-20(19-8-4-16(27)11-22(19)21(14)13-25(29)30)10-15-2-5-17(6-3-15)31-18-7-9-24(28)23(26)12-18/h2-12H,13H2,1H3,(H,29,30)/b20-10-. The molecule has 3 aromatic rings. The molecule has 0 amide bonds. The van der Waals surface area contributed by atoms with E-state index in [0.717, 1.165) is 22.3 Å². The maximum Gasteiger partial charge on any atom is 0.307 e. The molecule has 1 aliphatic rings. The first-order chi connectivity index (χ1) is 14.8. The average molecular weight is 439 g/mol. The zero-order valence-electron chi connectivity index (χ0n) is 16.5. The van der Waals surface area contributed by atoms with Crippen LogP contribution in [0.3, 0.4) is 0 Å². The largest absolute Gasteiger partial charge is 0.481 e. The highest BCUT2D eigenvalue weighted by Gasteiger charge is 2.25. The molecule has 0 aromatic heterocycles. The molecule has 0 saturated carbocycles. The maximum atomic E-state index is 13.8. The number of allylic oxidation sites excluding steroid dienone is 2. The molecule has 0 bridgehead atoms. The van der Waals surface area contributed by atoms with Gasteiger partial charge >= 0.3 is 5.97 Å². The summed E-state index contributed by atoms with van der Waals surface area (Å²) in [5, 5.41) is 9.24. The van der Waals surface area contributed by atoms with Gasteiger partial charge in [0.05, 0.1) is 11.4 Å². The van der Waals surface area contributed by atoms with Crippen molar-refractivity contribution < 1.29 is 23.4 Å². The number of carbonyl (C=O) groups is 1. The lowest BCUT2D eigenvalue weighted by Crippen LogP contribution is -1.97. The minimum Gasteiger partial charge on any atom is -0.481 e. The molecule has 1 aliphatic carbocycles. The zero-order valence-corrected chi connectivity index (χ0v) is 17.2. The van der Waals surface area contributed by atoms with Gasteiger partial charge in [0.1, 0.15) is 23.1 Å². The molecule has 0 spiro atoms. The van der Waals surface area contributed by atoms with E-state index in [1.807, 2.05) is 25.1 Å². The molecule has 0 aliphatic heterocycles. The van der Waals surface area contributed by atoms with Crippen molar-refractivity contribution >= 4 is 34.8 Å². The molecule has 0 unspecified atom stereocenters. The second-order valence-electron chi connectivity index (χ2n) is 7.17. The molecule has 1 N–H and O–H groups in total. The monoisotopic (exact) mass is 438 g/mol. The first-order valence-electron chi connectivity index (χ1n) is 9.48. The van der Waals surface area contributed by atoms with Crippen LogP contribution in [0.1, 0.15) is 30.0 Å². The van der Waals surface area contributed by atoms with Crippen molar-refractivity contribution in [1.82, 2.24) is 0 Å². The number of carboxylic acid groups (broad SMARTS) is 1. The molecule has 156 valence electrons. The summed E-state index contributed by atoms with van der Waals surface area (Å²) in [7, 11) is 0. The molecule has 0 atom stereocenters. The molecule has 6 heteroatoms. The first kappa shape index (κ1) is 20.8. The van der Waals surface area contributed by atoms with E-state index in [4.69, 9.17) is 16.3 Å². The van der Waals surface area contributed by atoms with Gasteiger partial charge in [-0.15, -0.1) is 0 Å². The number of fused-ring (bicyclic) bond motifs is 1. The van der Waals surface area contributed by atoms with Crippen LogP contribution >= 0.6 is 11.6 Å². The van der Waals surface area contributed by atoms with Gasteiger partial charge in [-0.05, 0) is 82.8 Å². The van der Waals surface area contributed by atoms with E-state index < -0.39 is 17.6 Å². The van der Waals surface area contributed by atoms with Gasteiger partial charge in [0, 0.05) is 6.07 Å². The molecular formula is C25H17ClF2O3. The van der Waals surface area contributed by atoms with E-state index in [9.17, 15) is 18.7 Å². The lowest BCUT2D eigenvalue weighted by molar-refractivity contribution is -0.135. The number of halogens is 3. The van der Waals surface area contributed by atoms with Crippen LogP contribution in [0.2, 0.25) is 5.02 Å². The Hall–Kier alpha value is -3.44. The van der Waals surface area contributed by atoms with Crippen LogP contribution in [0, 0.1) is 11.6 Å². The van der Waals surface area contributed by atoms with Gasteiger partial charge in [-0.3, -0.25) is 4.79 Å². The van der Waals surface area contributed by atoms with E-state index in [2.05, 4.69) is 0 Å². The van der Waals surface area contributed by atoms with E-state index in [1.165, 1.54) is 30.3 Å². The van der Waals surface area contributed by atoms with Gasteiger partial charge < -0.3 is 9.84 Å². The summed E-state index contributed by atoms with van der Waals surface area (Å²) in [6.45, 7) is 1.85. The fourth-order valence-electron chi connectivity index (χ4n) is 3.61. The number of aliphatic carboxylic acids is 1. The Morgan fingerprint density at radius 3 is 2.39 bits per heavy atom. The second-order valence-corrected chi connectivity index (χ2v) is 7.58. The summed E-state index contributed by atoms with van der Waals surface area (Å²) in [5.41, 5.74) is 4.55. The van der Waals surface area contributed by atoms with Gasteiger partial charge in [0.2, 0.25) is 0 Å². The van der Waals surface area contributed by atoms with Crippen LogP contribution in [0.15, 0.2) is 66.2 Å². The third-order valence-corrected chi connectivity index (χ3v) is 5.39. The predicted octanol–water partition coefficient (Wildman–Crippen LogP) is 7.21. The van der Waals surface area contributed by atoms with Crippen LogP contribution in [-0.2, 0) is 4.79 Å². The number of ether oxygens (including phenoxy) is 1. The average Bonchev–Trinajstić information content (AvgIpc) is 2.97. The fourth-order valence-corrected chi connectivity index (χ4v) is 3.78. The molecule has 0 radical (unpaired) electrons. The Morgan fingerprint density at radius 1 is 1.00 bits per heavy atom. The Labute approximate surface area is 182 Å². The SMILES string of the molecule is CC1=C(CC(=O)O)c2cc(F)ccc2/C1=C\c1ccc(Oc2ccc(F)c(Cl)c2)cc1. The first-order valence-corrected chi connectivity index (χ1v) is 9.86. The number of benzene rings is 3. The highest BCUT2D eigenvalue weighted by atomic mass is 35.5. The molecule has 0 heterocycles. The van der Waals surface area contributed by atoms with Crippen molar-refractivity contribution in [2.75, 3.05) is 0 Å². The molecule has 0 fully saturated rings. The molecule has 3 nitrogen and oxygen atoms in total. The quantitative estimate of drug-likeness (QED) is 0.457. The van der Waals surface area contributed by atoms with Crippen molar-refractivity contribution in [3.05, 3.63) is 99.6 Å². The highest BCUT2D eigenvalue weighted by Crippen LogP contribution is 2.43. The summed E-state index contributed by atoms with van der Waals surface area (Å²) in [6.07, 6.45) is 1.76. The van der Waals surface area contributed by atoms with Crippen molar-refractivity contribution in [1.29, 1.82) is 0 Å². The van der Waals surface area contributed by atoms with Crippen LogP contribution in [0.25, 0.3) is 17.2 Å². The molecule has 31 heavy (non-hydrogen) atoms. The Kier molecular flexibility index (Phi) is 5.61. The normalized spacial score (nSPS) is 14.1. The number of hydrogen-bond acceptors (Lipinski definition) is 2. The van der Waals surface area contributed by atoms with Gasteiger partial charge in [0.25, 0.3) is 0 Å². The van der Waals surface area contributed by atoms with Crippen LogP contribution in [0.5, 0.6) is 11.5 Å². The van der Waals surface area contributed by atoms with Crippen molar-refractivity contribution in [2.45, 2.75) is 13.3 Å². The Bertz CT molecular complexity index is 1240. The van der Waals surface area contributed by atoms with E-state index >= 15 is 0 Å². The van der Waals surface area contributed by atoms with Crippen molar-refractivity contribution in [3.63, 3.8) is 0 Å². The number of carboxylic acids is 1. The second kappa shape index (κ2) is 8.36. The molecular weight excluding hydrogens is 422 g/mol. The minimum absolute atomic E-state index is 0.0189. The summed E-state index contributed by atoms with van der Waals surface area (Å²) >= 11 is 5.78. The van der Waals surface area contributed by atoms with Crippen molar-refractivity contribution in [2.24, 2.45) is 0 Å². The lowest BCUT2D eigenvalue weighted by atomic mass is 10.0. The number of hydrogen-bond donors (Lipinski definition) is 1. The summed E-state index contributed by atoms with van der Waals surface area (Å²) in [6, 6.07) is 15.8. The van der Waals surface area contributed by atoms with Crippen LogP contribution < -0.4 is 4.74 Å². The van der Waals surface area contributed by atoms with Gasteiger partial charge in [-0.1, -0.05) is 29.8 Å². The van der Waals surface area contributed by atoms with Gasteiger partial charge in [-0.2, -0.15) is 0 Å². The van der Waals surface area contributed by atoms with Crippen LogP contribution in [0.4, 0.5) is 8.78 Å². The van der Waals surface area contributed by atoms with E-state index in [0.29, 0.717) is 22.6 Å². The maximum absolute atomic E-state index is 13.8. The lowest BCUT2D eigenvalue weighted by Gasteiger charge is -2.08. The minimum atomic E-state index is -0.965. The van der Waals surface area contributed by atoms with Gasteiger partial charge in [-0.25, -0.2) is 8.78 Å². The zero-order chi connectivity index (χ0) is 22.1. The Morgan fingerprint density at radius 2 is 1.71 bits per heavy atom. The third kappa shape index (κ3) is 4.37.